The van der Waals surface area contributed by atoms with E-state index in [1.165, 1.54) is 24.6 Å². The number of aryl methyl sites for hydroxylation is 1. The molecule has 0 saturated heterocycles. The van der Waals surface area contributed by atoms with Crippen LogP contribution in [-0.2, 0) is 11.3 Å². The Kier molecular flexibility index (Phi) is 8.20. The first kappa shape index (κ1) is 24.7. The van der Waals surface area contributed by atoms with Crippen LogP contribution in [0.25, 0.3) is 0 Å². The lowest BCUT2D eigenvalue weighted by molar-refractivity contribution is 0.0527. The summed E-state index contributed by atoms with van der Waals surface area (Å²) in [6, 6.07) is 9.95. The zero-order valence-electron chi connectivity index (χ0n) is 19.4. The van der Waals surface area contributed by atoms with Gasteiger partial charge in [-0.25, -0.2) is 9.59 Å². The minimum atomic E-state index is -0.452. The smallest absolute Gasteiger partial charge is 0.341 e. The maximum atomic E-state index is 12.4. The molecule has 0 aliphatic rings. The Balaban J connectivity index is 1.58. The average Bonchev–Trinajstić information content (AvgIpc) is 3.11. The third kappa shape index (κ3) is 6.10. The minimum absolute atomic E-state index is 0.258. The van der Waals surface area contributed by atoms with Crippen LogP contribution in [0.3, 0.4) is 0 Å². The first-order valence-electron chi connectivity index (χ1n) is 10.6. The van der Waals surface area contributed by atoms with Crippen LogP contribution >= 0.6 is 11.3 Å². The first-order chi connectivity index (χ1) is 16.3. The number of anilines is 1. The first-order valence-corrected chi connectivity index (χ1v) is 11.4. The molecule has 0 unspecified atom stereocenters. The predicted molar refractivity (Wildman–Crippen MR) is 130 cm³/mol. The van der Waals surface area contributed by atoms with Crippen LogP contribution in [-0.4, -0.2) is 36.5 Å². The molecule has 0 saturated carbocycles. The van der Waals surface area contributed by atoms with Gasteiger partial charge in [-0.05, 0) is 50.1 Å². The van der Waals surface area contributed by atoms with Crippen molar-refractivity contribution in [3.05, 3.63) is 69.9 Å². The number of urea groups is 1. The van der Waals surface area contributed by atoms with Crippen molar-refractivity contribution in [2.24, 2.45) is 0 Å². The van der Waals surface area contributed by atoms with E-state index in [0.29, 0.717) is 22.1 Å². The molecular formula is C24H26N4O5S. The molecule has 9 nitrogen and oxygen atoms in total. The Hall–Kier alpha value is -3.92. The molecule has 178 valence electrons. The van der Waals surface area contributed by atoms with Gasteiger partial charge in [-0.3, -0.25) is 15.1 Å². The highest BCUT2D eigenvalue weighted by Crippen LogP contribution is 2.33. The predicted octanol–water partition coefficient (Wildman–Crippen LogP) is 4.41. The number of benzene rings is 1. The number of hydrogen-bond donors (Lipinski definition) is 3. The Morgan fingerprint density at radius 1 is 1.06 bits per heavy atom. The van der Waals surface area contributed by atoms with Gasteiger partial charge >= 0.3 is 12.0 Å². The summed E-state index contributed by atoms with van der Waals surface area (Å²) in [5.74, 6) is 0.308. The van der Waals surface area contributed by atoms with Gasteiger partial charge in [0.05, 0.1) is 12.2 Å². The third-order valence-corrected chi connectivity index (χ3v) is 6.02. The molecule has 2 aromatic heterocycles. The summed E-state index contributed by atoms with van der Waals surface area (Å²) in [5.41, 5.74) is 2.30. The number of nitrogens with zero attached hydrogens (tertiary/aromatic N) is 1. The number of carbonyl (C=O) groups excluding carboxylic acids is 3. The molecule has 3 amide bonds. The highest BCUT2D eigenvalue weighted by atomic mass is 32.1. The molecule has 3 aromatic rings. The number of carbonyl (C=O) groups is 3. The highest BCUT2D eigenvalue weighted by molar-refractivity contribution is 7.16. The van der Waals surface area contributed by atoms with E-state index in [2.05, 4.69) is 20.9 Å². The molecule has 0 spiro atoms. The lowest BCUT2D eigenvalue weighted by Gasteiger charge is -2.10. The largest absolute Gasteiger partial charge is 0.462 e. The Bertz CT molecular complexity index is 1190. The molecule has 0 bridgehead atoms. The maximum absolute atomic E-state index is 12.4. The van der Waals surface area contributed by atoms with Gasteiger partial charge in [0.15, 0.2) is 0 Å². The van der Waals surface area contributed by atoms with E-state index in [1.54, 1.807) is 31.2 Å². The van der Waals surface area contributed by atoms with Crippen molar-refractivity contribution in [2.75, 3.05) is 19.0 Å². The Labute approximate surface area is 201 Å². The maximum Gasteiger partial charge on any atom is 0.341 e. The van der Waals surface area contributed by atoms with E-state index < -0.39 is 12.0 Å². The summed E-state index contributed by atoms with van der Waals surface area (Å²) < 4.78 is 10.9. The van der Waals surface area contributed by atoms with Crippen molar-refractivity contribution in [2.45, 2.75) is 27.3 Å². The summed E-state index contributed by atoms with van der Waals surface area (Å²) in [5, 5.41) is 8.51. The zero-order valence-corrected chi connectivity index (χ0v) is 20.2. The zero-order chi connectivity index (χ0) is 24.7. The molecular weight excluding hydrogens is 456 g/mol. The van der Waals surface area contributed by atoms with Crippen LogP contribution in [0.2, 0.25) is 0 Å². The fourth-order valence-electron chi connectivity index (χ4n) is 3.03. The monoisotopic (exact) mass is 482 g/mol. The van der Waals surface area contributed by atoms with Gasteiger partial charge in [-0.2, -0.15) is 0 Å². The van der Waals surface area contributed by atoms with Crippen LogP contribution in [0.1, 0.15) is 43.8 Å². The van der Waals surface area contributed by atoms with Crippen molar-refractivity contribution in [3.63, 3.8) is 0 Å². The summed E-state index contributed by atoms with van der Waals surface area (Å²) >= 11 is 1.33. The van der Waals surface area contributed by atoms with Gasteiger partial charge in [0.25, 0.3) is 5.91 Å². The van der Waals surface area contributed by atoms with Crippen molar-refractivity contribution >= 4 is 34.2 Å². The lowest BCUT2D eigenvalue weighted by Crippen LogP contribution is -2.28. The number of aromatic nitrogens is 1. The van der Waals surface area contributed by atoms with Gasteiger partial charge in [0.2, 0.25) is 0 Å². The second kappa shape index (κ2) is 11.3. The van der Waals surface area contributed by atoms with Crippen LogP contribution in [0, 0.1) is 13.8 Å². The van der Waals surface area contributed by atoms with E-state index in [4.69, 9.17) is 9.47 Å². The minimum Gasteiger partial charge on any atom is -0.462 e. The van der Waals surface area contributed by atoms with E-state index in [-0.39, 0.29) is 24.8 Å². The third-order valence-electron chi connectivity index (χ3n) is 4.90. The molecule has 0 fully saturated rings. The van der Waals surface area contributed by atoms with Gasteiger partial charge in [-0.15, -0.1) is 11.3 Å². The number of esters is 1. The molecule has 0 radical (unpaired) electrons. The van der Waals surface area contributed by atoms with E-state index in [1.807, 2.05) is 26.0 Å². The topological polar surface area (TPSA) is 119 Å². The quantitative estimate of drug-likeness (QED) is 0.409. The van der Waals surface area contributed by atoms with Crippen LogP contribution in [0.15, 0.2) is 42.6 Å². The molecule has 0 atom stereocenters. The normalized spacial score (nSPS) is 10.4. The second-order valence-electron chi connectivity index (χ2n) is 7.22. The van der Waals surface area contributed by atoms with Gasteiger partial charge in [-0.1, -0.05) is 12.1 Å². The number of amides is 3. The fraction of sp³-hybridized carbons (Fsp3) is 0.250. The van der Waals surface area contributed by atoms with Crippen LogP contribution in [0.5, 0.6) is 11.5 Å². The molecule has 3 N–H and O–H groups in total. The Morgan fingerprint density at radius 3 is 2.47 bits per heavy atom. The van der Waals surface area contributed by atoms with E-state index in [0.717, 1.165) is 16.0 Å². The average molecular weight is 483 g/mol. The standard InChI is InChI=1S/C24H26N4O5S/c1-5-32-23(30)20-14(2)15(3)34-22(20)28-24(31)27-13-16-6-8-17(9-7-16)33-18-10-11-26-19(12-18)21(29)25-4/h6-12H,5,13H2,1-4H3,(H,25,29)(H2,27,28,31). The van der Waals surface area contributed by atoms with Gasteiger partial charge in [0.1, 0.15) is 22.2 Å². The van der Waals surface area contributed by atoms with Crippen LogP contribution < -0.4 is 20.7 Å². The number of pyridine rings is 1. The molecule has 34 heavy (non-hydrogen) atoms. The molecule has 3 rings (SSSR count). The molecule has 0 aliphatic carbocycles. The molecule has 10 heteroatoms. The lowest BCUT2D eigenvalue weighted by atomic mass is 10.1. The highest BCUT2D eigenvalue weighted by Gasteiger charge is 2.22. The van der Waals surface area contributed by atoms with Crippen molar-refractivity contribution in [3.8, 4) is 11.5 Å². The van der Waals surface area contributed by atoms with E-state index >= 15 is 0 Å². The number of thiophene rings is 1. The van der Waals surface area contributed by atoms with Gasteiger partial charge in [0, 0.05) is 30.7 Å². The van der Waals surface area contributed by atoms with Gasteiger partial charge < -0.3 is 20.1 Å². The van der Waals surface area contributed by atoms with E-state index in [9.17, 15) is 14.4 Å². The summed E-state index contributed by atoms with van der Waals surface area (Å²) in [6.07, 6.45) is 1.50. The van der Waals surface area contributed by atoms with Crippen molar-refractivity contribution < 1.29 is 23.9 Å². The Morgan fingerprint density at radius 2 is 1.79 bits per heavy atom. The number of nitrogens with one attached hydrogen (secondary N) is 3. The molecule has 2 heterocycles. The summed E-state index contributed by atoms with van der Waals surface area (Å²) in [7, 11) is 1.53. The number of ether oxygens (including phenoxy) is 2. The van der Waals surface area contributed by atoms with Crippen molar-refractivity contribution in [1.82, 2.24) is 15.6 Å². The summed E-state index contributed by atoms with van der Waals surface area (Å²) in [4.78, 5) is 41.3. The molecule has 1 aromatic carbocycles. The second-order valence-corrected chi connectivity index (χ2v) is 8.44. The SMILES string of the molecule is CCOC(=O)c1c(NC(=O)NCc2ccc(Oc3ccnc(C(=O)NC)c3)cc2)sc(C)c1C. The number of hydrogen-bond acceptors (Lipinski definition) is 7. The molecule has 0 aliphatic heterocycles. The number of rotatable bonds is 8. The van der Waals surface area contributed by atoms with Crippen molar-refractivity contribution in [1.29, 1.82) is 0 Å². The van der Waals surface area contributed by atoms with Crippen LogP contribution in [0.4, 0.5) is 9.80 Å². The summed E-state index contributed by atoms with van der Waals surface area (Å²) in [6.45, 7) is 5.99. The fourth-order valence-corrected chi connectivity index (χ4v) is 4.08.